The number of H-pyrrole nitrogens is 2. The number of imidazole rings is 1. The molecule has 3 N–H and O–H groups in total. The molecule has 0 saturated heterocycles. The third kappa shape index (κ3) is 3.59. The topological polar surface area (TPSA) is 89.7 Å². The third-order valence-electron chi connectivity index (χ3n) is 4.70. The summed E-state index contributed by atoms with van der Waals surface area (Å²) in [7, 11) is 1.83. The SMILES string of the molecule is CN(CCCc1nc2ccccc2[nH]1)C(=O)c1n[nH]c2c1CNCC2.Cl. The molecule has 0 spiro atoms. The maximum absolute atomic E-state index is 12.7. The van der Waals surface area contributed by atoms with E-state index in [0.29, 0.717) is 18.8 Å². The van der Waals surface area contributed by atoms with Gasteiger partial charge in [0.25, 0.3) is 5.91 Å². The lowest BCUT2D eigenvalue weighted by Crippen LogP contribution is -2.31. The first-order valence-corrected chi connectivity index (χ1v) is 8.68. The summed E-state index contributed by atoms with van der Waals surface area (Å²) in [4.78, 5) is 22.3. The molecular formula is C18H23ClN6O. The van der Waals surface area contributed by atoms with Gasteiger partial charge in [0.1, 0.15) is 5.82 Å². The Morgan fingerprint density at radius 2 is 2.15 bits per heavy atom. The van der Waals surface area contributed by atoms with Gasteiger partial charge in [-0.3, -0.25) is 9.89 Å². The molecule has 0 atom stereocenters. The van der Waals surface area contributed by atoms with Crippen molar-refractivity contribution in [2.24, 2.45) is 0 Å². The summed E-state index contributed by atoms with van der Waals surface area (Å²) in [6.07, 6.45) is 2.56. The Morgan fingerprint density at radius 3 is 3.00 bits per heavy atom. The van der Waals surface area contributed by atoms with Crippen molar-refractivity contribution in [1.29, 1.82) is 0 Å². The highest BCUT2D eigenvalue weighted by atomic mass is 35.5. The van der Waals surface area contributed by atoms with Crippen LogP contribution in [0.3, 0.4) is 0 Å². The molecule has 0 aliphatic carbocycles. The fourth-order valence-corrected chi connectivity index (χ4v) is 3.29. The molecule has 7 nitrogen and oxygen atoms in total. The molecular weight excluding hydrogens is 352 g/mol. The molecule has 0 bridgehead atoms. The van der Waals surface area contributed by atoms with E-state index in [-0.39, 0.29) is 18.3 Å². The van der Waals surface area contributed by atoms with E-state index in [9.17, 15) is 4.79 Å². The predicted molar refractivity (Wildman–Crippen MR) is 103 cm³/mol. The number of rotatable bonds is 5. The van der Waals surface area contributed by atoms with Crippen LogP contribution in [0.15, 0.2) is 24.3 Å². The quantitative estimate of drug-likeness (QED) is 0.637. The molecule has 138 valence electrons. The number of aromatic nitrogens is 4. The smallest absolute Gasteiger partial charge is 0.274 e. The van der Waals surface area contributed by atoms with Gasteiger partial charge >= 0.3 is 0 Å². The van der Waals surface area contributed by atoms with Crippen LogP contribution in [0, 0.1) is 0 Å². The summed E-state index contributed by atoms with van der Waals surface area (Å²) in [6.45, 7) is 2.31. The van der Waals surface area contributed by atoms with Gasteiger partial charge < -0.3 is 15.2 Å². The molecule has 1 aromatic carbocycles. The van der Waals surface area contributed by atoms with Crippen molar-refractivity contribution in [3.63, 3.8) is 0 Å². The average Bonchev–Trinajstić information content (AvgIpc) is 3.24. The van der Waals surface area contributed by atoms with Gasteiger partial charge in [0, 0.05) is 50.8 Å². The van der Waals surface area contributed by atoms with Crippen LogP contribution in [0.2, 0.25) is 0 Å². The predicted octanol–water partition coefficient (Wildman–Crippen LogP) is 2.06. The monoisotopic (exact) mass is 374 g/mol. The van der Waals surface area contributed by atoms with Gasteiger partial charge in [-0.2, -0.15) is 5.10 Å². The van der Waals surface area contributed by atoms with Gasteiger partial charge in [-0.25, -0.2) is 4.98 Å². The lowest BCUT2D eigenvalue weighted by molar-refractivity contribution is 0.0786. The average molecular weight is 375 g/mol. The van der Waals surface area contributed by atoms with Crippen LogP contribution in [0.1, 0.15) is 34.0 Å². The summed E-state index contributed by atoms with van der Waals surface area (Å²) in [5.74, 6) is 0.939. The lowest BCUT2D eigenvalue weighted by Gasteiger charge is -2.18. The van der Waals surface area contributed by atoms with E-state index < -0.39 is 0 Å². The van der Waals surface area contributed by atoms with Gasteiger partial charge in [-0.05, 0) is 18.6 Å². The number of nitrogens with zero attached hydrogens (tertiary/aromatic N) is 3. The highest BCUT2D eigenvalue weighted by Gasteiger charge is 2.23. The molecule has 0 saturated carbocycles. The zero-order valence-corrected chi connectivity index (χ0v) is 15.5. The molecule has 2 aromatic heterocycles. The number of carbonyl (C=O) groups excluding carboxylic acids is 1. The zero-order chi connectivity index (χ0) is 17.2. The summed E-state index contributed by atoms with van der Waals surface area (Å²) >= 11 is 0. The van der Waals surface area contributed by atoms with E-state index in [1.54, 1.807) is 4.90 Å². The van der Waals surface area contributed by atoms with Gasteiger partial charge in [0.15, 0.2) is 5.69 Å². The standard InChI is InChI=1S/C18H22N6O.ClH/c1-24(18(25)17-12-11-19-9-8-13(12)22-23-17)10-4-7-16-20-14-5-2-3-6-15(14)21-16;/h2-3,5-6,19H,4,7-11H2,1H3,(H,20,21)(H,22,23);1H. The van der Waals surface area contributed by atoms with Crippen LogP contribution in [0.25, 0.3) is 11.0 Å². The van der Waals surface area contributed by atoms with Gasteiger partial charge in [-0.15, -0.1) is 12.4 Å². The molecule has 0 radical (unpaired) electrons. The summed E-state index contributed by atoms with van der Waals surface area (Å²) in [5.41, 5.74) is 4.68. The number of hydrogen-bond donors (Lipinski definition) is 3. The summed E-state index contributed by atoms with van der Waals surface area (Å²) in [6, 6.07) is 8.00. The lowest BCUT2D eigenvalue weighted by atomic mass is 10.1. The van der Waals surface area contributed by atoms with Crippen molar-refractivity contribution in [2.45, 2.75) is 25.8 Å². The van der Waals surface area contributed by atoms with Crippen molar-refractivity contribution in [2.75, 3.05) is 20.1 Å². The molecule has 26 heavy (non-hydrogen) atoms. The highest BCUT2D eigenvalue weighted by molar-refractivity contribution is 5.93. The molecule has 3 aromatic rings. The minimum atomic E-state index is -0.0224. The molecule has 3 heterocycles. The molecule has 1 aliphatic heterocycles. The number of carbonyl (C=O) groups is 1. The van der Waals surface area contributed by atoms with E-state index in [4.69, 9.17) is 0 Å². The normalized spacial score (nSPS) is 13.3. The maximum Gasteiger partial charge on any atom is 0.274 e. The Morgan fingerprint density at radius 1 is 1.31 bits per heavy atom. The Labute approximate surface area is 158 Å². The second kappa shape index (κ2) is 7.88. The van der Waals surface area contributed by atoms with E-state index in [1.807, 2.05) is 31.3 Å². The minimum absolute atomic E-state index is 0. The van der Waals surface area contributed by atoms with Crippen molar-refractivity contribution in [3.05, 3.63) is 47.0 Å². The number of nitrogens with one attached hydrogen (secondary N) is 3. The largest absolute Gasteiger partial charge is 0.342 e. The van der Waals surface area contributed by atoms with E-state index in [2.05, 4.69) is 25.5 Å². The number of amides is 1. The second-order valence-corrected chi connectivity index (χ2v) is 6.49. The fraction of sp³-hybridized carbons (Fsp3) is 0.389. The van der Waals surface area contributed by atoms with Crippen molar-refractivity contribution in [1.82, 2.24) is 30.4 Å². The number of aromatic amines is 2. The maximum atomic E-state index is 12.7. The number of benzene rings is 1. The molecule has 0 fully saturated rings. The van der Waals surface area contributed by atoms with Crippen LogP contribution in [-0.2, 0) is 19.4 Å². The summed E-state index contributed by atoms with van der Waals surface area (Å²) < 4.78 is 0. The van der Waals surface area contributed by atoms with Gasteiger partial charge in [0.05, 0.1) is 11.0 Å². The number of para-hydroxylation sites is 2. The molecule has 4 rings (SSSR count). The minimum Gasteiger partial charge on any atom is -0.342 e. The van der Waals surface area contributed by atoms with Crippen molar-refractivity contribution >= 4 is 29.3 Å². The molecule has 1 aliphatic rings. The fourth-order valence-electron chi connectivity index (χ4n) is 3.29. The Bertz CT molecular complexity index is 869. The Kier molecular flexibility index (Phi) is 5.58. The Balaban J connectivity index is 0.00000196. The van der Waals surface area contributed by atoms with Crippen molar-refractivity contribution < 1.29 is 4.79 Å². The summed E-state index contributed by atoms with van der Waals surface area (Å²) in [5, 5.41) is 10.5. The molecule has 8 heteroatoms. The van der Waals surface area contributed by atoms with Crippen LogP contribution < -0.4 is 5.32 Å². The first-order chi connectivity index (χ1) is 12.2. The van der Waals surface area contributed by atoms with Crippen LogP contribution in [0.4, 0.5) is 0 Å². The van der Waals surface area contributed by atoms with E-state index in [0.717, 1.165) is 53.9 Å². The van der Waals surface area contributed by atoms with Crippen LogP contribution in [0.5, 0.6) is 0 Å². The van der Waals surface area contributed by atoms with Crippen molar-refractivity contribution in [3.8, 4) is 0 Å². The van der Waals surface area contributed by atoms with Crippen LogP contribution in [-0.4, -0.2) is 51.1 Å². The zero-order valence-electron chi connectivity index (χ0n) is 14.7. The van der Waals surface area contributed by atoms with Crippen LogP contribution >= 0.6 is 12.4 Å². The van der Waals surface area contributed by atoms with Gasteiger partial charge in [-0.1, -0.05) is 12.1 Å². The molecule has 0 unspecified atom stereocenters. The number of halogens is 1. The van der Waals surface area contributed by atoms with Gasteiger partial charge in [0.2, 0.25) is 0 Å². The highest BCUT2D eigenvalue weighted by Crippen LogP contribution is 2.17. The van der Waals surface area contributed by atoms with E-state index >= 15 is 0 Å². The second-order valence-electron chi connectivity index (χ2n) is 6.49. The van der Waals surface area contributed by atoms with E-state index in [1.165, 1.54) is 0 Å². The third-order valence-corrected chi connectivity index (χ3v) is 4.70. The molecule has 1 amide bonds. The number of aryl methyl sites for hydroxylation is 1. The first kappa shape index (κ1) is 18.4. The Hall–Kier alpha value is -2.38. The number of hydrogen-bond acceptors (Lipinski definition) is 4. The number of fused-ring (bicyclic) bond motifs is 2. The first-order valence-electron chi connectivity index (χ1n) is 8.68.